The molecule has 0 fully saturated rings. The third kappa shape index (κ3) is 3.55. The number of allylic oxidation sites excluding steroid dienone is 1. The molecule has 1 aliphatic carbocycles. The van der Waals surface area contributed by atoms with Crippen LogP contribution in [0.4, 0.5) is 0 Å². The van der Waals surface area contributed by atoms with Crippen LogP contribution in [0.2, 0.25) is 0 Å². The molecule has 0 amide bonds. The lowest BCUT2D eigenvalue weighted by atomic mass is 9.93. The first-order valence-electron chi connectivity index (χ1n) is 8.97. The molecule has 4 rings (SSSR count). The monoisotopic (exact) mass is 347 g/mol. The van der Waals surface area contributed by atoms with E-state index in [9.17, 15) is 0 Å². The van der Waals surface area contributed by atoms with Gasteiger partial charge in [-0.1, -0.05) is 31.2 Å². The fraction of sp³-hybridized carbons (Fsp3) is 0.300. The zero-order valence-electron chi connectivity index (χ0n) is 14.7. The number of aromatic nitrogens is 4. The molecule has 6 nitrogen and oxygen atoms in total. The van der Waals surface area contributed by atoms with Gasteiger partial charge in [0, 0.05) is 11.6 Å². The van der Waals surface area contributed by atoms with Crippen LogP contribution in [-0.4, -0.2) is 32.8 Å². The fourth-order valence-electron chi connectivity index (χ4n) is 3.19. The van der Waals surface area contributed by atoms with E-state index in [0.29, 0.717) is 23.5 Å². The first-order valence-corrected chi connectivity index (χ1v) is 8.97. The minimum absolute atomic E-state index is 0.389. The van der Waals surface area contributed by atoms with Gasteiger partial charge in [0.2, 0.25) is 5.89 Å². The summed E-state index contributed by atoms with van der Waals surface area (Å²) in [5, 5.41) is 11.8. The van der Waals surface area contributed by atoms with Crippen molar-refractivity contribution in [2.45, 2.75) is 32.2 Å². The largest absolute Gasteiger partial charge is 0.415 e. The summed E-state index contributed by atoms with van der Waals surface area (Å²) in [7, 11) is 0. The Morgan fingerprint density at radius 3 is 2.65 bits per heavy atom. The first kappa shape index (κ1) is 16.6. The summed E-state index contributed by atoms with van der Waals surface area (Å²) < 4.78 is 5.79. The van der Waals surface area contributed by atoms with Crippen LogP contribution in [0.3, 0.4) is 0 Å². The molecule has 1 N–H and O–H groups in total. The number of hydrogen-bond donors (Lipinski definition) is 1. The Kier molecular flexibility index (Phi) is 4.84. The number of nitrogens with one attached hydrogen (secondary N) is 1. The van der Waals surface area contributed by atoms with Gasteiger partial charge in [0.05, 0.1) is 18.1 Å². The predicted octanol–water partition coefficient (Wildman–Crippen LogP) is 3.74. The maximum absolute atomic E-state index is 5.79. The van der Waals surface area contributed by atoms with Crippen molar-refractivity contribution >= 4 is 5.57 Å². The third-order valence-electron chi connectivity index (χ3n) is 4.53. The minimum Gasteiger partial charge on any atom is -0.415 e. The summed E-state index contributed by atoms with van der Waals surface area (Å²) in [5.41, 5.74) is 3.61. The summed E-state index contributed by atoms with van der Waals surface area (Å²) in [4.78, 5) is 9.02. The molecule has 3 aromatic rings. The summed E-state index contributed by atoms with van der Waals surface area (Å²) in [6.07, 6.45) is 8.86. The Morgan fingerprint density at radius 1 is 1.08 bits per heavy atom. The van der Waals surface area contributed by atoms with Gasteiger partial charge in [0.1, 0.15) is 5.69 Å². The van der Waals surface area contributed by atoms with E-state index >= 15 is 0 Å². The Hall–Kier alpha value is -2.86. The molecule has 1 aromatic carbocycles. The van der Waals surface area contributed by atoms with Gasteiger partial charge in [-0.05, 0) is 43.5 Å². The number of benzene rings is 1. The molecule has 0 saturated heterocycles. The summed E-state index contributed by atoms with van der Waals surface area (Å²) in [5.74, 6) is 0.873. The number of nitrogens with zero attached hydrogens (tertiary/aromatic N) is 4. The van der Waals surface area contributed by atoms with Crippen molar-refractivity contribution in [2.75, 3.05) is 6.54 Å². The summed E-state index contributed by atoms with van der Waals surface area (Å²) >= 11 is 0. The van der Waals surface area contributed by atoms with E-state index in [2.05, 4.69) is 33.5 Å². The van der Waals surface area contributed by atoms with Crippen LogP contribution in [0.25, 0.3) is 28.6 Å². The molecule has 0 saturated carbocycles. The van der Waals surface area contributed by atoms with Gasteiger partial charge in [-0.2, -0.15) is 0 Å². The highest BCUT2D eigenvalue weighted by molar-refractivity contribution is 5.64. The van der Waals surface area contributed by atoms with E-state index in [4.69, 9.17) is 9.40 Å². The smallest absolute Gasteiger partial charge is 0.268 e. The Bertz CT molecular complexity index is 903. The van der Waals surface area contributed by atoms with Crippen LogP contribution >= 0.6 is 0 Å². The van der Waals surface area contributed by atoms with Gasteiger partial charge >= 0.3 is 0 Å². The average molecular weight is 347 g/mol. The Labute approximate surface area is 152 Å². The molecule has 2 heterocycles. The second-order valence-corrected chi connectivity index (χ2v) is 6.33. The van der Waals surface area contributed by atoms with Crippen molar-refractivity contribution in [1.82, 2.24) is 25.5 Å². The lowest BCUT2D eigenvalue weighted by Crippen LogP contribution is -2.29. The normalized spacial score (nSPS) is 17.1. The lowest BCUT2D eigenvalue weighted by molar-refractivity contribution is 0.493. The van der Waals surface area contributed by atoms with Gasteiger partial charge in [-0.15, -0.1) is 10.2 Å². The maximum Gasteiger partial charge on any atom is 0.268 e. The van der Waals surface area contributed by atoms with Crippen LogP contribution in [-0.2, 0) is 0 Å². The highest BCUT2D eigenvalue weighted by Gasteiger charge is 2.17. The highest BCUT2D eigenvalue weighted by Crippen LogP contribution is 2.27. The van der Waals surface area contributed by atoms with Crippen molar-refractivity contribution in [3.63, 3.8) is 0 Å². The van der Waals surface area contributed by atoms with Crippen LogP contribution < -0.4 is 5.32 Å². The molecule has 0 aliphatic heterocycles. The molecule has 26 heavy (non-hydrogen) atoms. The van der Waals surface area contributed by atoms with E-state index < -0.39 is 0 Å². The average Bonchev–Trinajstić information content (AvgIpc) is 3.20. The molecular formula is C20H21N5O. The molecule has 6 heteroatoms. The first-order chi connectivity index (χ1) is 12.8. The molecule has 1 aliphatic rings. The molecule has 1 unspecified atom stereocenters. The molecule has 0 spiro atoms. The van der Waals surface area contributed by atoms with E-state index in [-0.39, 0.29) is 0 Å². The van der Waals surface area contributed by atoms with Crippen molar-refractivity contribution < 1.29 is 4.42 Å². The molecule has 0 bridgehead atoms. The van der Waals surface area contributed by atoms with Gasteiger partial charge in [-0.3, -0.25) is 4.98 Å². The van der Waals surface area contributed by atoms with Crippen LogP contribution in [0, 0.1) is 0 Å². The van der Waals surface area contributed by atoms with Gasteiger partial charge in [0.15, 0.2) is 0 Å². The van der Waals surface area contributed by atoms with E-state index in [0.717, 1.165) is 37.1 Å². The second kappa shape index (κ2) is 7.58. The zero-order valence-corrected chi connectivity index (χ0v) is 14.7. The van der Waals surface area contributed by atoms with Gasteiger partial charge < -0.3 is 9.73 Å². The Balaban J connectivity index is 1.56. The molecular weight excluding hydrogens is 326 g/mol. The maximum atomic E-state index is 5.79. The van der Waals surface area contributed by atoms with Crippen LogP contribution in [0.5, 0.6) is 0 Å². The topological polar surface area (TPSA) is 76.7 Å². The van der Waals surface area contributed by atoms with E-state index in [1.807, 2.05) is 30.3 Å². The molecule has 132 valence electrons. The summed E-state index contributed by atoms with van der Waals surface area (Å²) in [6.45, 7) is 3.15. The quantitative estimate of drug-likeness (QED) is 0.758. The van der Waals surface area contributed by atoms with Crippen molar-refractivity contribution in [3.05, 3.63) is 54.5 Å². The zero-order chi connectivity index (χ0) is 17.8. The minimum atomic E-state index is 0.389. The van der Waals surface area contributed by atoms with E-state index in [1.54, 1.807) is 12.4 Å². The number of rotatable bonds is 5. The van der Waals surface area contributed by atoms with E-state index in [1.165, 1.54) is 5.57 Å². The molecule has 1 atom stereocenters. The van der Waals surface area contributed by atoms with Gasteiger partial charge in [0.25, 0.3) is 5.89 Å². The van der Waals surface area contributed by atoms with Crippen molar-refractivity contribution in [1.29, 1.82) is 0 Å². The van der Waals surface area contributed by atoms with Crippen LogP contribution in [0.1, 0.15) is 31.9 Å². The van der Waals surface area contributed by atoms with Gasteiger partial charge in [-0.25, -0.2) is 4.98 Å². The third-order valence-corrected chi connectivity index (χ3v) is 4.53. The summed E-state index contributed by atoms with van der Waals surface area (Å²) in [6, 6.07) is 10.3. The Morgan fingerprint density at radius 2 is 1.88 bits per heavy atom. The SMILES string of the molecule is CCNC1CC=C(c2cncc(-c3nnc(-c4ccccc4)o3)n2)CC1. The van der Waals surface area contributed by atoms with Crippen molar-refractivity contribution in [2.24, 2.45) is 0 Å². The highest BCUT2D eigenvalue weighted by atomic mass is 16.4. The van der Waals surface area contributed by atoms with Crippen molar-refractivity contribution in [3.8, 4) is 23.0 Å². The predicted molar refractivity (Wildman–Crippen MR) is 100 cm³/mol. The standard InChI is InChI=1S/C20H21N5O/c1-2-22-16-10-8-14(9-11-16)17-12-21-13-18(23-17)20-25-24-19(26-20)15-6-4-3-5-7-15/h3-8,12-13,16,22H,2,9-11H2,1H3. The molecule has 2 aromatic heterocycles. The molecule has 0 radical (unpaired) electrons. The fourth-order valence-corrected chi connectivity index (χ4v) is 3.19. The second-order valence-electron chi connectivity index (χ2n) is 6.33. The lowest BCUT2D eigenvalue weighted by Gasteiger charge is -2.22. The number of hydrogen-bond acceptors (Lipinski definition) is 6. The van der Waals surface area contributed by atoms with Crippen LogP contribution in [0.15, 0.2) is 53.2 Å².